The molecule has 0 fully saturated rings. The van der Waals surface area contributed by atoms with Crippen molar-refractivity contribution in [2.75, 3.05) is 0 Å². The van der Waals surface area contributed by atoms with Crippen molar-refractivity contribution in [1.29, 1.82) is 0 Å². The Morgan fingerprint density at radius 3 is 1.43 bits per heavy atom. The number of benzene rings is 7. The summed E-state index contributed by atoms with van der Waals surface area (Å²) < 4.78 is 6.85. The van der Waals surface area contributed by atoms with Crippen LogP contribution in [0, 0.1) is 0 Å². The third-order valence-corrected chi connectivity index (χ3v) is 13.5. The molecule has 1 unspecified atom stereocenters. The largest absolute Gasteiger partial charge is 0.296 e. The molecular formula is C60H45N9. The Morgan fingerprint density at radius 2 is 0.884 bits per heavy atom. The molecule has 11 aromatic rings. The molecule has 9 heteroatoms. The molecule has 0 amide bonds. The summed E-state index contributed by atoms with van der Waals surface area (Å²) in [6.07, 6.45) is 13.9. The molecule has 7 aromatic carbocycles. The van der Waals surface area contributed by atoms with E-state index in [0.717, 1.165) is 122 Å². The highest BCUT2D eigenvalue weighted by molar-refractivity contribution is 5.87. The number of para-hydroxylation sites is 6. The van der Waals surface area contributed by atoms with Crippen molar-refractivity contribution in [3.63, 3.8) is 0 Å². The van der Waals surface area contributed by atoms with E-state index in [1.807, 2.05) is 24.3 Å². The quantitative estimate of drug-likeness (QED) is 0.134. The molecule has 1 atom stereocenters. The first kappa shape index (κ1) is 40.5. The highest BCUT2D eigenvalue weighted by Crippen LogP contribution is 2.37. The van der Waals surface area contributed by atoms with Crippen LogP contribution in [0.1, 0.15) is 49.7 Å². The molecule has 0 aliphatic heterocycles. The summed E-state index contributed by atoms with van der Waals surface area (Å²) in [6, 6.07) is 63.0. The fraction of sp³-hybridized carbons (Fsp3) is 0.100. The molecule has 4 heterocycles. The SMILES string of the molecule is C1=CC(c2nc3ccccc3n2-c2ccc(-c3nc(C4=CC=C(n5c(-c6ccccc6)nc6ccccc65)CC4)nc(-c4ccc(-n5c(-c6ccccc6)nc6ccccc65)cc4)n3)cc2)CCC1. The van der Waals surface area contributed by atoms with E-state index >= 15 is 0 Å². The molecule has 330 valence electrons. The predicted octanol–water partition coefficient (Wildman–Crippen LogP) is 14.1. The van der Waals surface area contributed by atoms with E-state index in [1.54, 1.807) is 0 Å². The number of fused-ring (bicyclic) bond motifs is 3. The molecule has 0 N–H and O–H groups in total. The number of imidazole rings is 3. The topological polar surface area (TPSA) is 92.1 Å². The van der Waals surface area contributed by atoms with E-state index in [0.29, 0.717) is 17.5 Å². The molecule has 0 saturated carbocycles. The van der Waals surface area contributed by atoms with Gasteiger partial charge in [-0.15, -0.1) is 0 Å². The van der Waals surface area contributed by atoms with Crippen LogP contribution in [0.5, 0.6) is 0 Å². The van der Waals surface area contributed by atoms with Gasteiger partial charge in [0.2, 0.25) is 0 Å². The maximum absolute atomic E-state index is 5.25. The van der Waals surface area contributed by atoms with Crippen LogP contribution in [-0.4, -0.2) is 43.6 Å². The summed E-state index contributed by atoms with van der Waals surface area (Å²) in [5.41, 5.74) is 14.3. The fourth-order valence-electron chi connectivity index (χ4n) is 10.1. The normalized spacial score (nSPS) is 14.9. The van der Waals surface area contributed by atoms with Crippen LogP contribution in [0.15, 0.2) is 206 Å². The number of hydrogen-bond acceptors (Lipinski definition) is 6. The van der Waals surface area contributed by atoms with Crippen molar-refractivity contribution in [1.82, 2.24) is 43.6 Å². The van der Waals surface area contributed by atoms with Crippen LogP contribution in [0.3, 0.4) is 0 Å². The summed E-state index contributed by atoms with van der Waals surface area (Å²) in [4.78, 5) is 31.1. The average molecular weight is 892 g/mol. The zero-order valence-corrected chi connectivity index (χ0v) is 37.8. The third kappa shape index (κ3) is 7.36. The second-order valence-corrected chi connectivity index (χ2v) is 17.8. The zero-order valence-electron chi connectivity index (χ0n) is 37.8. The van der Waals surface area contributed by atoms with Crippen molar-refractivity contribution in [2.24, 2.45) is 0 Å². The number of rotatable bonds is 9. The number of aromatic nitrogens is 9. The molecule has 9 nitrogen and oxygen atoms in total. The lowest BCUT2D eigenvalue weighted by molar-refractivity contribution is 0.620. The molecule has 0 bridgehead atoms. The number of hydrogen-bond donors (Lipinski definition) is 0. The molecule has 0 radical (unpaired) electrons. The van der Waals surface area contributed by atoms with E-state index in [2.05, 4.69) is 196 Å². The third-order valence-electron chi connectivity index (χ3n) is 13.5. The maximum Gasteiger partial charge on any atom is 0.164 e. The number of allylic oxidation sites excluding steroid dienone is 6. The van der Waals surface area contributed by atoms with Gasteiger partial charge in [0.25, 0.3) is 0 Å². The number of nitrogens with zero attached hydrogens (tertiary/aromatic N) is 9. The van der Waals surface area contributed by atoms with E-state index in [4.69, 9.17) is 29.9 Å². The highest BCUT2D eigenvalue weighted by Gasteiger charge is 2.23. The minimum atomic E-state index is 0.263. The van der Waals surface area contributed by atoms with Crippen LogP contribution in [0.25, 0.3) is 101 Å². The molecule has 13 rings (SSSR count). The zero-order chi connectivity index (χ0) is 45.7. The van der Waals surface area contributed by atoms with Gasteiger partial charge in [0.15, 0.2) is 17.5 Å². The molecule has 0 spiro atoms. The first-order valence-corrected chi connectivity index (χ1v) is 23.8. The second-order valence-electron chi connectivity index (χ2n) is 17.8. The lowest BCUT2D eigenvalue weighted by atomic mass is 9.95. The fourth-order valence-corrected chi connectivity index (χ4v) is 10.1. The minimum absolute atomic E-state index is 0.263. The van der Waals surface area contributed by atoms with Gasteiger partial charge in [0.1, 0.15) is 17.5 Å². The highest BCUT2D eigenvalue weighted by atomic mass is 15.1. The van der Waals surface area contributed by atoms with Crippen LogP contribution >= 0.6 is 0 Å². The Labute approximate surface area is 399 Å². The lowest BCUT2D eigenvalue weighted by Gasteiger charge is -2.19. The molecule has 69 heavy (non-hydrogen) atoms. The van der Waals surface area contributed by atoms with Gasteiger partial charge in [-0.2, -0.15) is 0 Å². The van der Waals surface area contributed by atoms with Crippen LogP contribution in [-0.2, 0) is 0 Å². The van der Waals surface area contributed by atoms with Crippen molar-refractivity contribution in [3.05, 3.63) is 218 Å². The van der Waals surface area contributed by atoms with Gasteiger partial charge in [-0.05, 0) is 129 Å². The lowest BCUT2D eigenvalue weighted by Crippen LogP contribution is -2.08. The van der Waals surface area contributed by atoms with Gasteiger partial charge in [0, 0.05) is 45.2 Å². The molecule has 0 saturated heterocycles. The molecular weight excluding hydrogens is 847 g/mol. The van der Waals surface area contributed by atoms with Gasteiger partial charge in [-0.25, -0.2) is 29.9 Å². The molecule has 4 aromatic heterocycles. The summed E-state index contributed by atoms with van der Waals surface area (Å²) in [5.74, 6) is 5.05. The van der Waals surface area contributed by atoms with Crippen molar-refractivity contribution in [2.45, 2.75) is 38.0 Å². The summed E-state index contributed by atoms with van der Waals surface area (Å²) in [5, 5.41) is 0. The molecule has 2 aliphatic carbocycles. The van der Waals surface area contributed by atoms with E-state index in [-0.39, 0.29) is 5.92 Å². The Morgan fingerprint density at radius 1 is 0.391 bits per heavy atom. The summed E-state index contributed by atoms with van der Waals surface area (Å²) in [6.45, 7) is 0. The van der Waals surface area contributed by atoms with Gasteiger partial charge < -0.3 is 0 Å². The average Bonchev–Trinajstić information content (AvgIpc) is 4.14. The Kier molecular flexibility index (Phi) is 10.0. The predicted molar refractivity (Wildman–Crippen MR) is 278 cm³/mol. The van der Waals surface area contributed by atoms with Crippen LogP contribution in [0.2, 0.25) is 0 Å². The van der Waals surface area contributed by atoms with Crippen LogP contribution in [0.4, 0.5) is 0 Å². The Bertz CT molecular complexity index is 3800. The smallest absolute Gasteiger partial charge is 0.164 e. The standard InChI is InChI=1S/C60H45N9/c1-4-16-43(17-5-1)58-61-49-22-10-13-25-52(49)67(58)46-34-28-40(29-35-46)55-64-56(41-30-36-47(37-31-41)68-53-26-14-11-23-50(53)62-59(68)44-18-6-2-7-19-44)66-57(65-55)42-32-38-48(39-33-42)69-54-27-15-12-24-51(54)63-60(69)45-20-8-3-9-21-45/h1-2,4-8,10-20,22-30,32-36,38-39,45H,3,9,21,31,37H2. The summed E-state index contributed by atoms with van der Waals surface area (Å²) in [7, 11) is 0. The monoisotopic (exact) mass is 891 g/mol. The van der Waals surface area contributed by atoms with Crippen molar-refractivity contribution >= 4 is 44.4 Å². The minimum Gasteiger partial charge on any atom is -0.296 e. The van der Waals surface area contributed by atoms with Gasteiger partial charge in [-0.3, -0.25) is 13.7 Å². The van der Waals surface area contributed by atoms with Crippen LogP contribution < -0.4 is 0 Å². The van der Waals surface area contributed by atoms with Gasteiger partial charge in [0.05, 0.1) is 33.1 Å². The Hall–Kier alpha value is -8.82. The van der Waals surface area contributed by atoms with Gasteiger partial charge >= 0.3 is 0 Å². The summed E-state index contributed by atoms with van der Waals surface area (Å²) >= 11 is 0. The van der Waals surface area contributed by atoms with Crippen molar-refractivity contribution in [3.8, 4) is 56.9 Å². The first-order chi connectivity index (χ1) is 34.2. The van der Waals surface area contributed by atoms with E-state index in [1.165, 1.54) is 5.70 Å². The second kappa shape index (κ2) is 17.1. The molecule has 2 aliphatic rings. The first-order valence-electron chi connectivity index (χ1n) is 23.8. The van der Waals surface area contributed by atoms with E-state index < -0.39 is 0 Å². The Balaban J connectivity index is 0.915. The maximum atomic E-state index is 5.25. The van der Waals surface area contributed by atoms with Gasteiger partial charge in [-0.1, -0.05) is 115 Å². The van der Waals surface area contributed by atoms with Crippen molar-refractivity contribution < 1.29 is 0 Å². The van der Waals surface area contributed by atoms with E-state index in [9.17, 15) is 0 Å².